The third-order valence-electron chi connectivity index (χ3n) is 6.07. The van der Waals surface area contributed by atoms with E-state index in [1.165, 1.54) is 0 Å². The van der Waals surface area contributed by atoms with Crippen molar-refractivity contribution in [1.29, 1.82) is 0 Å². The topological polar surface area (TPSA) is 71.1 Å². The van der Waals surface area contributed by atoms with Gasteiger partial charge in [0.05, 0.1) is 17.4 Å². The number of aromatic amines is 1. The highest BCUT2D eigenvalue weighted by molar-refractivity contribution is 5.96. The summed E-state index contributed by atoms with van der Waals surface area (Å²) in [6.45, 7) is 2.11. The van der Waals surface area contributed by atoms with E-state index in [9.17, 15) is 0 Å². The van der Waals surface area contributed by atoms with Crippen LogP contribution in [0.2, 0.25) is 0 Å². The minimum Gasteiger partial charge on any atom is -0.487 e. The molecule has 5 nitrogen and oxygen atoms in total. The summed E-state index contributed by atoms with van der Waals surface area (Å²) in [5.74, 6) is 2.12. The second-order valence-corrected chi connectivity index (χ2v) is 8.69. The van der Waals surface area contributed by atoms with Gasteiger partial charge in [0, 0.05) is 18.7 Å². The van der Waals surface area contributed by atoms with Crippen molar-refractivity contribution in [2.75, 3.05) is 6.54 Å². The maximum absolute atomic E-state index is 6.47. The van der Waals surface area contributed by atoms with Crippen LogP contribution in [0.3, 0.4) is 0 Å². The molecule has 0 aliphatic rings. The Labute approximate surface area is 211 Å². The lowest BCUT2D eigenvalue weighted by Crippen LogP contribution is -2.51. The highest BCUT2D eigenvalue weighted by Crippen LogP contribution is 2.44. The zero-order chi connectivity index (χ0) is 24.6. The normalized spacial score (nSPS) is 10.9. The quantitative estimate of drug-likeness (QED) is 0.256. The Morgan fingerprint density at radius 1 is 0.611 bits per heavy atom. The van der Waals surface area contributed by atoms with Crippen molar-refractivity contribution in [3.05, 3.63) is 126 Å². The first-order chi connectivity index (χ1) is 17.8. The summed E-state index contributed by atoms with van der Waals surface area (Å²) in [5, 5.41) is 0.989. The van der Waals surface area contributed by atoms with Crippen LogP contribution in [0.4, 0.5) is 0 Å². The minimum atomic E-state index is 0.432. The minimum absolute atomic E-state index is 0.432. The second kappa shape index (κ2) is 11.5. The molecule has 5 rings (SSSR count). The van der Waals surface area contributed by atoms with Gasteiger partial charge in [0.25, 0.3) is 0 Å². The molecule has 1 heterocycles. The predicted octanol–water partition coefficient (Wildman–Crippen LogP) is 5.69. The van der Waals surface area contributed by atoms with Gasteiger partial charge in [0.15, 0.2) is 11.5 Å². The van der Waals surface area contributed by atoms with Crippen molar-refractivity contribution in [2.45, 2.75) is 26.2 Å². The first kappa shape index (κ1) is 23.5. The molecule has 0 saturated carbocycles. The lowest BCUT2D eigenvalue weighted by atomic mass is 10.1. The van der Waals surface area contributed by atoms with Gasteiger partial charge in [-0.25, -0.2) is 0 Å². The number of benzene rings is 4. The highest BCUT2D eigenvalue weighted by Gasteiger charge is 2.21. The molecule has 1 aromatic heterocycles. The van der Waals surface area contributed by atoms with E-state index in [-0.39, 0.29) is 0 Å². The Hall–Kier alpha value is -4.22. The van der Waals surface area contributed by atoms with E-state index < -0.39 is 0 Å². The largest absolute Gasteiger partial charge is 0.487 e. The Morgan fingerprint density at radius 3 is 1.64 bits per heavy atom. The number of rotatable bonds is 11. The number of quaternary nitrogens is 1. The van der Waals surface area contributed by atoms with Gasteiger partial charge in [0.2, 0.25) is 0 Å². The fourth-order valence-corrected chi connectivity index (χ4v) is 4.25. The van der Waals surface area contributed by atoms with E-state index in [2.05, 4.69) is 47.1 Å². The summed E-state index contributed by atoms with van der Waals surface area (Å²) in [7, 11) is 0. The van der Waals surface area contributed by atoms with E-state index in [1.54, 1.807) is 0 Å². The van der Waals surface area contributed by atoms with Crippen LogP contribution in [0.25, 0.3) is 10.9 Å². The molecule has 0 aliphatic heterocycles. The Kier molecular flexibility index (Phi) is 7.49. The zero-order valence-corrected chi connectivity index (χ0v) is 20.3. The zero-order valence-electron chi connectivity index (χ0n) is 20.3. The van der Waals surface area contributed by atoms with Gasteiger partial charge in [-0.1, -0.05) is 91.0 Å². The van der Waals surface area contributed by atoms with Gasteiger partial charge in [-0.05, 0) is 22.3 Å². The molecule has 0 amide bonds. The molecule has 0 unspecified atom stereocenters. The molecule has 0 bridgehead atoms. The van der Waals surface area contributed by atoms with Crippen LogP contribution in [-0.4, -0.2) is 11.5 Å². The molecule has 182 valence electrons. The molecule has 4 aromatic carbocycles. The van der Waals surface area contributed by atoms with Crippen LogP contribution in [0, 0.1) is 0 Å². The Morgan fingerprint density at radius 2 is 1.11 bits per heavy atom. The van der Waals surface area contributed by atoms with E-state index in [1.807, 2.05) is 66.9 Å². The average Bonchev–Trinajstić information content (AvgIpc) is 3.35. The smallest absolute Gasteiger partial charge is 0.171 e. The maximum Gasteiger partial charge on any atom is 0.171 e. The van der Waals surface area contributed by atoms with Crippen molar-refractivity contribution in [3.8, 4) is 17.2 Å². The van der Waals surface area contributed by atoms with Crippen LogP contribution < -0.4 is 19.9 Å². The molecule has 5 heteroatoms. The highest BCUT2D eigenvalue weighted by atomic mass is 16.5. The van der Waals surface area contributed by atoms with Gasteiger partial charge < -0.3 is 24.9 Å². The van der Waals surface area contributed by atoms with Crippen LogP contribution in [-0.2, 0) is 26.2 Å². The van der Waals surface area contributed by atoms with E-state index in [0.717, 1.165) is 57.6 Å². The average molecular weight is 480 g/mol. The van der Waals surface area contributed by atoms with Gasteiger partial charge in [-0.3, -0.25) is 0 Å². The van der Waals surface area contributed by atoms with Crippen molar-refractivity contribution in [3.63, 3.8) is 0 Å². The van der Waals surface area contributed by atoms with Crippen molar-refractivity contribution in [1.82, 2.24) is 4.98 Å². The molecule has 0 atom stereocenters. The van der Waals surface area contributed by atoms with Crippen molar-refractivity contribution >= 4 is 10.9 Å². The molecule has 0 saturated heterocycles. The van der Waals surface area contributed by atoms with Gasteiger partial charge in [0.1, 0.15) is 25.6 Å². The molecule has 36 heavy (non-hydrogen) atoms. The van der Waals surface area contributed by atoms with Gasteiger partial charge in [-0.15, -0.1) is 0 Å². The van der Waals surface area contributed by atoms with Gasteiger partial charge in [-0.2, -0.15) is 0 Å². The van der Waals surface area contributed by atoms with Gasteiger partial charge >= 0.3 is 0 Å². The molecule has 0 spiro atoms. The number of ether oxygens (including phenoxy) is 3. The summed E-state index contributed by atoms with van der Waals surface area (Å²) >= 11 is 0. The number of fused-ring (bicyclic) bond motifs is 1. The molecule has 4 N–H and O–H groups in total. The van der Waals surface area contributed by atoms with Crippen LogP contribution in [0.1, 0.15) is 22.3 Å². The lowest BCUT2D eigenvalue weighted by molar-refractivity contribution is -0.366. The Bertz CT molecular complexity index is 1380. The summed E-state index contributed by atoms with van der Waals surface area (Å²) in [5.41, 5.74) is 9.40. The number of nitrogens with one attached hydrogen (secondary N) is 1. The molecule has 5 aromatic rings. The van der Waals surface area contributed by atoms with E-state index in [0.29, 0.717) is 25.6 Å². The number of aromatic nitrogens is 1. The molecule has 0 radical (unpaired) electrons. The standard InChI is InChI=1S/C31H30N2O3/c32-17-16-26-19-33-30-27(34-20-23-10-4-1-5-11-23)18-28(35-21-24-12-6-2-7-13-24)31(29(26)30)36-22-25-14-8-3-9-15-25/h1-15,18-19,33H,16-17,20-22,32H2/p+1. The maximum atomic E-state index is 6.47. The third kappa shape index (κ3) is 5.53. The first-order valence-electron chi connectivity index (χ1n) is 12.3. The van der Waals surface area contributed by atoms with E-state index >= 15 is 0 Å². The summed E-state index contributed by atoms with van der Waals surface area (Å²) in [6, 6.07) is 32.4. The summed E-state index contributed by atoms with van der Waals surface area (Å²) in [4.78, 5) is 3.43. The molecule has 0 fully saturated rings. The lowest BCUT2D eigenvalue weighted by Gasteiger charge is -2.18. The number of H-pyrrole nitrogens is 1. The number of hydrogen-bond acceptors (Lipinski definition) is 3. The predicted molar refractivity (Wildman–Crippen MR) is 142 cm³/mol. The van der Waals surface area contributed by atoms with Crippen LogP contribution in [0.5, 0.6) is 17.2 Å². The molecule has 0 aliphatic carbocycles. The molecular weight excluding hydrogens is 448 g/mol. The fourth-order valence-electron chi connectivity index (χ4n) is 4.25. The summed E-state index contributed by atoms with van der Waals surface area (Å²) < 4.78 is 19.2. The van der Waals surface area contributed by atoms with Crippen LogP contribution >= 0.6 is 0 Å². The third-order valence-corrected chi connectivity index (χ3v) is 6.07. The van der Waals surface area contributed by atoms with Crippen molar-refractivity contribution < 1.29 is 19.9 Å². The summed E-state index contributed by atoms with van der Waals surface area (Å²) in [6.07, 6.45) is 2.85. The fraction of sp³-hybridized carbons (Fsp3) is 0.161. The molecular formula is C31H31N2O3+. The van der Waals surface area contributed by atoms with Crippen molar-refractivity contribution in [2.24, 2.45) is 0 Å². The Balaban J connectivity index is 1.54. The monoisotopic (exact) mass is 479 g/mol. The van der Waals surface area contributed by atoms with E-state index in [4.69, 9.17) is 14.2 Å². The first-order valence-corrected chi connectivity index (χ1v) is 12.3. The van der Waals surface area contributed by atoms with Crippen LogP contribution in [0.15, 0.2) is 103 Å². The second-order valence-electron chi connectivity index (χ2n) is 8.69. The number of hydrogen-bond donors (Lipinski definition) is 2. The SMILES string of the molecule is [NH3+]CCc1c[nH]c2c(OCc3ccccc3)cc(OCc3ccccc3)c(OCc3ccccc3)c12.